The number of amides is 2. The summed E-state index contributed by atoms with van der Waals surface area (Å²) in [6.45, 7) is 4.69. The number of rotatable bonds is 5. The number of carbonyl (C=O) groups is 2. The Morgan fingerprint density at radius 1 is 1.08 bits per heavy atom. The molecule has 0 aromatic heterocycles. The van der Waals surface area contributed by atoms with E-state index in [1.807, 2.05) is 0 Å². The third-order valence-corrected chi connectivity index (χ3v) is 4.35. The van der Waals surface area contributed by atoms with Crippen LogP contribution < -0.4 is 9.64 Å². The van der Waals surface area contributed by atoms with E-state index >= 15 is 0 Å². The summed E-state index contributed by atoms with van der Waals surface area (Å²) in [5.74, 6) is -0.770. The highest BCUT2D eigenvalue weighted by molar-refractivity contribution is 9.10. The number of aliphatic hydroxyl groups excluding tert-OH is 1. The summed E-state index contributed by atoms with van der Waals surface area (Å²) in [7, 11) is 0. The fourth-order valence-electron chi connectivity index (χ4n) is 2.61. The molecule has 2 amide bonds. The number of nitrogens with zero attached hydrogens (tertiary/aromatic N) is 1. The van der Waals surface area contributed by atoms with E-state index < -0.39 is 17.6 Å². The minimum atomic E-state index is -0.733. The van der Waals surface area contributed by atoms with Gasteiger partial charge in [0.1, 0.15) is 5.75 Å². The highest BCUT2D eigenvalue weighted by atomic mass is 79.9. The fraction of sp³-hybridized carbons (Fsp3) is 0.200. The van der Waals surface area contributed by atoms with E-state index in [1.165, 1.54) is 0 Å². The first kappa shape index (κ1) is 18.2. The van der Waals surface area contributed by atoms with Crippen molar-refractivity contribution in [2.75, 3.05) is 11.5 Å². The van der Waals surface area contributed by atoms with Crippen molar-refractivity contribution in [3.63, 3.8) is 0 Å². The first-order valence-corrected chi connectivity index (χ1v) is 8.98. The Labute approximate surface area is 160 Å². The van der Waals surface area contributed by atoms with Crippen molar-refractivity contribution < 1.29 is 19.4 Å². The number of imide groups is 1. The highest BCUT2D eigenvalue weighted by Gasteiger charge is 2.40. The normalized spacial score (nSPS) is 14.5. The van der Waals surface area contributed by atoms with Crippen LogP contribution in [-0.2, 0) is 9.59 Å². The van der Waals surface area contributed by atoms with Crippen LogP contribution in [0.4, 0.5) is 5.69 Å². The second-order valence-corrected chi connectivity index (χ2v) is 7.29. The summed E-state index contributed by atoms with van der Waals surface area (Å²) < 4.78 is 6.35. The summed E-state index contributed by atoms with van der Waals surface area (Å²) in [4.78, 5) is 26.2. The van der Waals surface area contributed by atoms with Crippen molar-refractivity contribution in [3.05, 3.63) is 64.3 Å². The molecule has 0 spiro atoms. The third-order valence-electron chi connectivity index (χ3n) is 3.85. The van der Waals surface area contributed by atoms with Crippen LogP contribution in [0.15, 0.2) is 58.8 Å². The molecule has 0 saturated carbocycles. The van der Waals surface area contributed by atoms with E-state index in [1.54, 1.807) is 48.5 Å². The molecule has 1 heterocycles. The van der Waals surface area contributed by atoms with Crippen molar-refractivity contribution in [3.8, 4) is 5.75 Å². The molecule has 3 rings (SSSR count). The lowest BCUT2D eigenvalue weighted by atomic mass is 10.1. The molecule has 0 bridgehead atoms. The van der Waals surface area contributed by atoms with Gasteiger partial charge in [-0.3, -0.25) is 9.59 Å². The minimum Gasteiger partial charge on any atom is -0.502 e. The summed E-state index contributed by atoms with van der Waals surface area (Å²) >= 11 is 3.32. The number of hydrogen-bond acceptors (Lipinski definition) is 4. The molecule has 134 valence electrons. The molecule has 1 aliphatic rings. The maximum absolute atomic E-state index is 12.8. The van der Waals surface area contributed by atoms with Gasteiger partial charge in [0.2, 0.25) is 0 Å². The van der Waals surface area contributed by atoms with Gasteiger partial charge in [0.15, 0.2) is 5.76 Å². The smallest absolute Gasteiger partial charge is 0.301 e. The second-order valence-electron chi connectivity index (χ2n) is 6.38. The van der Waals surface area contributed by atoms with Gasteiger partial charge in [-0.05, 0) is 41.8 Å². The number of hydrogen-bond donors (Lipinski definition) is 1. The monoisotopic (exact) mass is 415 g/mol. The van der Waals surface area contributed by atoms with E-state index in [0.29, 0.717) is 29.5 Å². The third kappa shape index (κ3) is 3.51. The Bertz CT molecular complexity index is 887. The number of ether oxygens (including phenoxy) is 1. The number of halogens is 1. The molecule has 0 radical (unpaired) electrons. The average molecular weight is 416 g/mol. The zero-order valence-corrected chi connectivity index (χ0v) is 16.0. The van der Waals surface area contributed by atoms with Gasteiger partial charge in [0, 0.05) is 4.47 Å². The molecule has 6 heteroatoms. The molecular weight excluding hydrogens is 398 g/mol. The number of carbonyl (C=O) groups excluding carboxylic acids is 2. The Morgan fingerprint density at radius 3 is 2.38 bits per heavy atom. The van der Waals surface area contributed by atoms with Crippen molar-refractivity contribution >= 4 is 39.0 Å². The van der Waals surface area contributed by atoms with Gasteiger partial charge < -0.3 is 9.84 Å². The first-order valence-electron chi connectivity index (χ1n) is 8.19. The predicted octanol–water partition coefficient (Wildman–Crippen LogP) is 4.33. The molecule has 1 N–H and O–H groups in total. The van der Waals surface area contributed by atoms with Gasteiger partial charge in [-0.25, -0.2) is 4.90 Å². The largest absolute Gasteiger partial charge is 0.502 e. The molecule has 0 aliphatic carbocycles. The average Bonchev–Trinajstić information content (AvgIpc) is 2.83. The topological polar surface area (TPSA) is 66.8 Å². The molecule has 2 aromatic carbocycles. The Kier molecular flexibility index (Phi) is 5.13. The van der Waals surface area contributed by atoms with Crippen LogP contribution in [0.5, 0.6) is 5.75 Å². The van der Waals surface area contributed by atoms with Gasteiger partial charge in [-0.1, -0.05) is 48.0 Å². The number of aliphatic hydroxyl groups is 1. The first-order chi connectivity index (χ1) is 12.4. The lowest BCUT2D eigenvalue weighted by Crippen LogP contribution is -2.31. The summed E-state index contributed by atoms with van der Waals surface area (Å²) in [6, 6.07) is 13.6. The number of benzene rings is 2. The molecule has 0 saturated heterocycles. The Morgan fingerprint density at radius 2 is 1.77 bits per heavy atom. The summed E-state index contributed by atoms with van der Waals surface area (Å²) in [6.07, 6.45) is 0. The van der Waals surface area contributed by atoms with Gasteiger partial charge in [-0.15, -0.1) is 0 Å². The van der Waals surface area contributed by atoms with E-state index in [-0.39, 0.29) is 5.57 Å². The number of anilines is 1. The molecule has 0 atom stereocenters. The van der Waals surface area contributed by atoms with Gasteiger partial charge >= 0.3 is 5.91 Å². The van der Waals surface area contributed by atoms with Crippen LogP contribution in [0.2, 0.25) is 0 Å². The molecule has 26 heavy (non-hydrogen) atoms. The van der Waals surface area contributed by atoms with E-state index in [2.05, 4.69) is 29.8 Å². The van der Waals surface area contributed by atoms with Crippen molar-refractivity contribution in [1.29, 1.82) is 0 Å². The zero-order valence-electron chi connectivity index (χ0n) is 14.4. The lowest BCUT2D eigenvalue weighted by molar-refractivity contribution is -0.121. The highest BCUT2D eigenvalue weighted by Crippen LogP contribution is 2.33. The predicted molar refractivity (Wildman–Crippen MR) is 103 cm³/mol. The van der Waals surface area contributed by atoms with E-state index in [0.717, 1.165) is 9.37 Å². The molecule has 0 unspecified atom stereocenters. The molecule has 2 aromatic rings. The molecule has 5 nitrogen and oxygen atoms in total. The van der Waals surface area contributed by atoms with Crippen LogP contribution in [0.1, 0.15) is 19.4 Å². The quantitative estimate of drug-likeness (QED) is 0.738. The van der Waals surface area contributed by atoms with E-state index in [4.69, 9.17) is 4.74 Å². The van der Waals surface area contributed by atoms with Crippen LogP contribution >= 0.6 is 15.9 Å². The van der Waals surface area contributed by atoms with Gasteiger partial charge in [-0.2, -0.15) is 0 Å². The van der Waals surface area contributed by atoms with Gasteiger partial charge in [0.25, 0.3) is 5.91 Å². The van der Waals surface area contributed by atoms with Crippen molar-refractivity contribution in [2.24, 2.45) is 5.92 Å². The lowest BCUT2D eigenvalue weighted by Gasteiger charge is -2.15. The standard InChI is InChI=1S/C20H18BrNO4/c1-12(2)11-26-16-8-6-13(7-9-16)17-18(23)20(25)22(19(17)24)15-5-3-4-14(21)10-15/h3-10,12,23H,11H2,1-2H3. The molecular formula is C20H18BrNO4. The Hall–Kier alpha value is -2.60. The summed E-state index contributed by atoms with van der Waals surface area (Å²) in [5, 5.41) is 10.3. The van der Waals surface area contributed by atoms with Crippen LogP contribution in [-0.4, -0.2) is 23.5 Å². The van der Waals surface area contributed by atoms with Crippen molar-refractivity contribution in [2.45, 2.75) is 13.8 Å². The maximum atomic E-state index is 12.8. The Balaban J connectivity index is 1.88. The minimum absolute atomic E-state index is 0.00890. The maximum Gasteiger partial charge on any atom is 0.301 e. The second kappa shape index (κ2) is 7.33. The van der Waals surface area contributed by atoms with Crippen LogP contribution in [0.25, 0.3) is 5.57 Å². The molecule has 0 fully saturated rings. The van der Waals surface area contributed by atoms with Gasteiger partial charge in [0.05, 0.1) is 17.9 Å². The van der Waals surface area contributed by atoms with Crippen LogP contribution in [0.3, 0.4) is 0 Å². The fourth-order valence-corrected chi connectivity index (χ4v) is 3.00. The van der Waals surface area contributed by atoms with Crippen molar-refractivity contribution in [1.82, 2.24) is 0 Å². The summed E-state index contributed by atoms with van der Waals surface area (Å²) in [5.41, 5.74) is 0.855. The molecule has 1 aliphatic heterocycles. The SMILES string of the molecule is CC(C)COc1ccc(C2=C(O)C(=O)N(c3cccc(Br)c3)C2=O)cc1. The zero-order chi connectivity index (χ0) is 18.8. The van der Waals surface area contributed by atoms with Crippen LogP contribution in [0, 0.1) is 5.92 Å². The van der Waals surface area contributed by atoms with E-state index in [9.17, 15) is 14.7 Å².